The molecule has 0 aromatic carbocycles. The SMILES string of the molecule is CC(C)(C)C1CC(=O)CCN1C(=O)O. The molecule has 0 saturated carbocycles. The number of hydrogen-bond acceptors (Lipinski definition) is 2. The molecule has 1 unspecified atom stereocenters. The molecule has 0 aromatic heterocycles. The Balaban J connectivity index is 2.84. The van der Waals surface area contributed by atoms with Gasteiger partial charge in [0.15, 0.2) is 0 Å². The molecule has 80 valence electrons. The monoisotopic (exact) mass is 199 g/mol. The van der Waals surface area contributed by atoms with Gasteiger partial charge in [0.2, 0.25) is 0 Å². The Hall–Kier alpha value is -1.06. The van der Waals surface area contributed by atoms with E-state index < -0.39 is 6.09 Å². The van der Waals surface area contributed by atoms with Crippen LogP contribution in [0.3, 0.4) is 0 Å². The van der Waals surface area contributed by atoms with Crippen molar-refractivity contribution in [1.82, 2.24) is 4.90 Å². The second kappa shape index (κ2) is 3.59. The molecule has 1 aliphatic rings. The number of likely N-dealkylation sites (tertiary alicyclic amines) is 1. The molecular formula is C10H17NO3. The van der Waals surface area contributed by atoms with Crippen LogP contribution in [0.5, 0.6) is 0 Å². The third-order valence-corrected chi connectivity index (χ3v) is 2.67. The lowest BCUT2D eigenvalue weighted by Gasteiger charge is -2.41. The number of amides is 1. The van der Waals surface area contributed by atoms with Crippen molar-refractivity contribution < 1.29 is 14.7 Å². The molecule has 0 radical (unpaired) electrons. The van der Waals surface area contributed by atoms with Crippen molar-refractivity contribution in [1.29, 1.82) is 0 Å². The van der Waals surface area contributed by atoms with Crippen molar-refractivity contribution in [2.75, 3.05) is 6.54 Å². The highest BCUT2D eigenvalue weighted by atomic mass is 16.4. The van der Waals surface area contributed by atoms with Crippen LogP contribution in [0.1, 0.15) is 33.6 Å². The highest BCUT2D eigenvalue weighted by molar-refractivity contribution is 5.82. The quantitative estimate of drug-likeness (QED) is 0.646. The fraction of sp³-hybridized carbons (Fsp3) is 0.800. The average Bonchev–Trinajstić information content (AvgIpc) is 2.01. The van der Waals surface area contributed by atoms with E-state index in [1.165, 1.54) is 4.90 Å². The van der Waals surface area contributed by atoms with Gasteiger partial charge in [0.1, 0.15) is 5.78 Å². The molecule has 0 spiro atoms. The van der Waals surface area contributed by atoms with Crippen LogP contribution in [0.2, 0.25) is 0 Å². The van der Waals surface area contributed by atoms with E-state index >= 15 is 0 Å². The predicted octanol–water partition coefficient (Wildman–Crippen LogP) is 1.74. The Morgan fingerprint density at radius 1 is 1.50 bits per heavy atom. The molecule has 1 aliphatic heterocycles. The van der Waals surface area contributed by atoms with Crippen LogP contribution in [-0.4, -0.2) is 34.5 Å². The van der Waals surface area contributed by atoms with Crippen molar-refractivity contribution in [2.45, 2.75) is 39.7 Å². The van der Waals surface area contributed by atoms with Crippen molar-refractivity contribution in [3.05, 3.63) is 0 Å². The number of rotatable bonds is 0. The minimum Gasteiger partial charge on any atom is -0.465 e. The van der Waals surface area contributed by atoms with Gasteiger partial charge in [-0.15, -0.1) is 0 Å². The topological polar surface area (TPSA) is 57.6 Å². The van der Waals surface area contributed by atoms with Gasteiger partial charge in [-0.05, 0) is 5.41 Å². The molecule has 1 amide bonds. The molecule has 0 aromatic rings. The van der Waals surface area contributed by atoms with E-state index in [0.29, 0.717) is 19.4 Å². The van der Waals surface area contributed by atoms with Crippen LogP contribution in [0.25, 0.3) is 0 Å². The summed E-state index contributed by atoms with van der Waals surface area (Å²) in [4.78, 5) is 23.6. The lowest BCUT2D eigenvalue weighted by Crippen LogP contribution is -2.51. The first-order valence-corrected chi connectivity index (χ1v) is 4.83. The molecule has 4 heteroatoms. The maximum absolute atomic E-state index is 11.3. The lowest BCUT2D eigenvalue weighted by molar-refractivity contribution is -0.124. The van der Waals surface area contributed by atoms with Gasteiger partial charge in [0.25, 0.3) is 0 Å². The zero-order valence-corrected chi connectivity index (χ0v) is 8.91. The minimum atomic E-state index is -0.919. The van der Waals surface area contributed by atoms with E-state index in [-0.39, 0.29) is 17.2 Å². The molecular weight excluding hydrogens is 182 g/mol. The first-order chi connectivity index (χ1) is 6.32. The smallest absolute Gasteiger partial charge is 0.407 e. The predicted molar refractivity (Wildman–Crippen MR) is 52.2 cm³/mol. The summed E-state index contributed by atoms with van der Waals surface area (Å²) in [5.41, 5.74) is -0.172. The summed E-state index contributed by atoms with van der Waals surface area (Å²) in [5, 5.41) is 8.97. The highest BCUT2D eigenvalue weighted by Gasteiger charge is 2.37. The molecule has 1 saturated heterocycles. The molecule has 1 N–H and O–H groups in total. The van der Waals surface area contributed by atoms with Gasteiger partial charge in [-0.25, -0.2) is 4.79 Å². The summed E-state index contributed by atoms with van der Waals surface area (Å²) in [6.07, 6.45) is -0.202. The van der Waals surface area contributed by atoms with E-state index in [0.717, 1.165) is 0 Å². The zero-order valence-electron chi connectivity index (χ0n) is 8.91. The van der Waals surface area contributed by atoms with Crippen molar-refractivity contribution >= 4 is 11.9 Å². The Labute approximate surface area is 83.9 Å². The fourth-order valence-electron chi connectivity index (χ4n) is 1.83. The van der Waals surface area contributed by atoms with Crippen LogP contribution >= 0.6 is 0 Å². The fourth-order valence-corrected chi connectivity index (χ4v) is 1.83. The number of piperidine rings is 1. The Morgan fingerprint density at radius 2 is 2.07 bits per heavy atom. The summed E-state index contributed by atoms with van der Waals surface area (Å²) >= 11 is 0. The summed E-state index contributed by atoms with van der Waals surface area (Å²) in [6, 6.07) is -0.179. The number of carbonyl (C=O) groups is 2. The van der Waals surface area contributed by atoms with Gasteiger partial charge in [0, 0.05) is 25.4 Å². The molecule has 1 heterocycles. The van der Waals surface area contributed by atoms with E-state index in [9.17, 15) is 9.59 Å². The number of ketones is 1. The van der Waals surface area contributed by atoms with Crippen LogP contribution in [0.4, 0.5) is 4.79 Å². The van der Waals surface area contributed by atoms with Crippen LogP contribution in [0, 0.1) is 5.41 Å². The van der Waals surface area contributed by atoms with E-state index in [1.807, 2.05) is 20.8 Å². The normalized spacial score (nSPS) is 23.8. The Kier molecular flexibility index (Phi) is 2.83. The van der Waals surface area contributed by atoms with Gasteiger partial charge < -0.3 is 10.0 Å². The van der Waals surface area contributed by atoms with Crippen LogP contribution < -0.4 is 0 Å². The first-order valence-electron chi connectivity index (χ1n) is 4.83. The molecule has 14 heavy (non-hydrogen) atoms. The molecule has 1 rings (SSSR count). The van der Waals surface area contributed by atoms with E-state index in [2.05, 4.69) is 0 Å². The molecule has 1 fully saturated rings. The van der Waals surface area contributed by atoms with Gasteiger partial charge in [0.05, 0.1) is 0 Å². The molecule has 0 bridgehead atoms. The molecule has 0 aliphatic carbocycles. The lowest BCUT2D eigenvalue weighted by atomic mass is 9.80. The average molecular weight is 199 g/mol. The summed E-state index contributed by atoms with van der Waals surface area (Å²) < 4.78 is 0. The largest absolute Gasteiger partial charge is 0.465 e. The van der Waals surface area contributed by atoms with Crippen molar-refractivity contribution in [3.63, 3.8) is 0 Å². The third kappa shape index (κ3) is 2.25. The number of Topliss-reactive ketones (excluding diaryl/α,β-unsaturated/α-hetero) is 1. The first kappa shape index (κ1) is 11.0. The van der Waals surface area contributed by atoms with Gasteiger partial charge >= 0.3 is 6.09 Å². The van der Waals surface area contributed by atoms with Crippen molar-refractivity contribution in [3.8, 4) is 0 Å². The van der Waals surface area contributed by atoms with Gasteiger partial charge in [-0.2, -0.15) is 0 Å². The molecule has 4 nitrogen and oxygen atoms in total. The van der Waals surface area contributed by atoms with Gasteiger partial charge in [-0.1, -0.05) is 20.8 Å². The third-order valence-electron chi connectivity index (χ3n) is 2.67. The van der Waals surface area contributed by atoms with Crippen LogP contribution in [-0.2, 0) is 4.79 Å². The summed E-state index contributed by atoms with van der Waals surface area (Å²) in [7, 11) is 0. The Morgan fingerprint density at radius 3 is 2.50 bits per heavy atom. The standard InChI is InChI=1S/C10H17NO3/c1-10(2,3)8-6-7(12)4-5-11(8)9(13)14/h8H,4-6H2,1-3H3,(H,13,14). The zero-order chi connectivity index (χ0) is 10.9. The number of carboxylic acid groups (broad SMARTS) is 1. The number of nitrogens with zero attached hydrogens (tertiary/aromatic N) is 1. The number of hydrogen-bond donors (Lipinski definition) is 1. The van der Waals surface area contributed by atoms with E-state index in [4.69, 9.17) is 5.11 Å². The minimum absolute atomic E-state index is 0.169. The van der Waals surface area contributed by atoms with Crippen LogP contribution in [0.15, 0.2) is 0 Å². The Bertz CT molecular complexity index is 255. The number of carbonyl (C=O) groups excluding carboxylic acids is 1. The van der Waals surface area contributed by atoms with Gasteiger partial charge in [-0.3, -0.25) is 4.79 Å². The molecule has 1 atom stereocenters. The summed E-state index contributed by atoms with van der Waals surface area (Å²) in [6.45, 7) is 6.24. The summed E-state index contributed by atoms with van der Waals surface area (Å²) in [5.74, 6) is 0.169. The second-order valence-electron chi connectivity index (χ2n) is 4.85. The maximum atomic E-state index is 11.3. The maximum Gasteiger partial charge on any atom is 0.407 e. The highest BCUT2D eigenvalue weighted by Crippen LogP contribution is 2.30. The van der Waals surface area contributed by atoms with Crippen molar-refractivity contribution in [2.24, 2.45) is 5.41 Å². The second-order valence-corrected chi connectivity index (χ2v) is 4.85. The van der Waals surface area contributed by atoms with E-state index in [1.54, 1.807) is 0 Å².